The quantitative estimate of drug-likeness (QED) is 0.295. The summed E-state index contributed by atoms with van der Waals surface area (Å²) in [4.78, 5) is 5.23. The Hall–Kier alpha value is -2.65. The molecule has 5 aromatic rings. The van der Waals surface area contributed by atoms with Gasteiger partial charge in [0.25, 0.3) is 0 Å². The summed E-state index contributed by atoms with van der Waals surface area (Å²) >= 11 is 4.95. The highest BCUT2D eigenvalue weighted by atomic mass is 79.9. The number of nitrogens with zero attached hydrogens (tertiary/aromatic N) is 4. The normalized spacial score (nSPS) is 12.3. The number of fused-ring (bicyclic) bond motifs is 2. The Morgan fingerprint density at radius 1 is 1.03 bits per heavy atom. The van der Waals surface area contributed by atoms with E-state index in [2.05, 4.69) is 36.6 Å². The standard InChI is InChI=1S/C20H12BrF3N4S/c1-27-9-15(14-8-13(21)6-7-17(14)27)18-26-28-10-16(25-19(28)29-18)11-2-4-12(5-3-11)20(22,23)24/h2-10H,1H3. The van der Waals surface area contributed by atoms with Crippen molar-refractivity contribution in [3.8, 4) is 21.8 Å². The molecule has 0 amide bonds. The number of halogens is 4. The molecular formula is C20H12BrF3N4S. The highest BCUT2D eigenvalue weighted by Crippen LogP contribution is 2.36. The lowest BCUT2D eigenvalue weighted by Gasteiger charge is -2.06. The summed E-state index contributed by atoms with van der Waals surface area (Å²) in [7, 11) is 1.99. The van der Waals surface area contributed by atoms with Crippen LogP contribution in [0.3, 0.4) is 0 Å². The Bertz CT molecular complexity index is 1330. The second-order valence-electron chi connectivity index (χ2n) is 6.65. The van der Waals surface area contributed by atoms with Gasteiger partial charge >= 0.3 is 6.18 Å². The van der Waals surface area contributed by atoms with E-state index in [9.17, 15) is 13.2 Å². The molecule has 9 heteroatoms. The first-order chi connectivity index (χ1) is 13.8. The molecule has 4 nitrogen and oxygen atoms in total. The molecule has 0 bridgehead atoms. The van der Waals surface area contributed by atoms with Crippen LogP contribution in [0.2, 0.25) is 0 Å². The van der Waals surface area contributed by atoms with Gasteiger partial charge in [0.2, 0.25) is 4.96 Å². The molecular weight excluding hydrogens is 465 g/mol. The van der Waals surface area contributed by atoms with Gasteiger partial charge in [0.05, 0.1) is 17.5 Å². The summed E-state index contributed by atoms with van der Waals surface area (Å²) in [5.74, 6) is 0. The molecule has 3 aromatic heterocycles. The molecule has 146 valence electrons. The Morgan fingerprint density at radius 2 is 1.79 bits per heavy atom. The molecule has 29 heavy (non-hydrogen) atoms. The maximum absolute atomic E-state index is 12.8. The lowest BCUT2D eigenvalue weighted by atomic mass is 10.1. The maximum Gasteiger partial charge on any atom is 0.416 e. The molecule has 3 heterocycles. The predicted molar refractivity (Wildman–Crippen MR) is 111 cm³/mol. The number of hydrogen-bond acceptors (Lipinski definition) is 3. The Labute approximate surface area is 175 Å². The van der Waals surface area contributed by atoms with E-state index >= 15 is 0 Å². The molecule has 0 aliphatic carbocycles. The van der Waals surface area contributed by atoms with E-state index in [1.165, 1.54) is 23.5 Å². The zero-order valence-corrected chi connectivity index (χ0v) is 17.3. The highest BCUT2D eigenvalue weighted by Gasteiger charge is 2.30. The molecule has 0 N–H and O–H groups in total. The van der Waals surface area contributed by atoms with E-state index in [0.29, 0.717) is 16.2 Å². The number of imidazole rings is 1. The summed E-state index contributed by atoms with van der Waals surface area (Å²) in [5.41, 5.74) is 2.64. The van der Waals surface area contributed by atoms with Gasteiger partial charge < -0.3 is 4.57 Å². The van der Waals surface area contributed by atoms with E-state index in [-0.39, 0.29) is 0 Å². The van der Waals surface area contributed by atoms with Gasteiger partial charge in [-0.1, -0.05) is 39.4 Å². The van der Waals surface area contributed by atoms with Crippen molar-refractivity contribution >= 4 is 43.1 Å². The molecule has 0 aliphatic rings. The van der Waals surface area contributed by atoms with Crippen molar-refractivity contribution in [3.63, 3.8) is 0 Å². The number of rotatable bonds is 2. The first-order valence-corrected chi connectivity index (χ1v) is 10.2. The smallest absolute Gasteiger partial charge is 0.350 e. The van der Waals surface area contributed by atoms with Crippen molar-refractivity contribution in [2.45, 2.75) is 6.18 Å². The zero-order chi connectivity index (χ0) is 20.3. The van der Waals surface area contributed by atoms with Crippen LogP contribution < -0.4 is 0 Å². The largest absolute Gasteiger partial charge is 0.416 e. The van der Waals surface area contributed by atoms with Gasteiger partial charge in [0.1, 0.15) is 5.01 Å². The van der Waals surface area contributed by atoms with Crippen molar-refractivity contribution < 1.29 is 13.2 Å². The van der Waals surface area contributed by atoms with Crippen molar-refractivity contribution in [3.05, 3.63) is 64.9 Å². The topological polar surface area (TPSA) is 35.1 Å². The monoisotopic (exact) mass is 476 g/mol. The lowest BCUT2D eigenvalue weighted by molar-refractivity contribution is -0.137. The first kappa shape index (κ1) is 18.4. The summed E-state index contributed by atoms with van der Waals surface area (Å²) in [6.45, 7) is 0. The number of aryl methyl sites for hydroxylation is 1. The van der Waals surface area contributed by atoms with Gasteiger partial charge in [-0.2, -0.15) is 18.3 Å². The Morgan fingerprint density at radius 3 is 2.48 bits per heavy atom. The second kappa shape index (κ2) is 6.43. The molecule has 0 unspecified atom stereocenters. The molecule has 5 rings (SSSR count). The third kappa shape index (κ3) is 3.14. The van der Waals surface area contributed by atoms with E-state index in [1.54, 1.807) is 10.7 Å². The fourth-order valence-corrected chi connectivity index (χ4v) is 4.58. The minimum absolute atomic E-state index is 0.588. The van der Waals surface area contributed by atoms with Crippen LogP contribution in [-0.2, 0) is 13.2 Å². The SMILES string of the molecule is Cn1cc(-c2nn3cc(-c4ccc(C(F)(F)F)cc4)nc3s2)c2cc(Br)ccc21. The Balaban J connectivity index is 1.54. The van der Waals surface area contributed by atoms with Crippen LogP contribution >= 0.6 is 27.3 Å². The van der Waals surface area contributed by atoms with Crippen molar-refractivity contribution in [2.24, 2.45) is 7.05 Å². The lowest BCUT2D eigenvalue weighted by Crippen LogP contribution is -2.03. The van der Waals surface area contributed by atoms with Gasteiger partial charge in [-0.15, -0.1) is 0 Å². The number of benzene rings is 2. The van der Waals surface area contributed by atoms with Gasteiger partial charge in [-0.05, 0) is 30.3 Å². The number of alkyl halides is 3. The van der Waals surface area contributed by atoms with Gasteiger partial charge in [-0.25, -0.2) is 9.50 Å². The number of aromatic nitrogens is 4. The fraction of sp³-hybridized carbons (Fsp3) is 0.100. The highest BCUT2D eigenvalue weighted by molar-refractivity contribution is 9.10. The maximum atomic E-state index is 12.8. The molecule has 0 fully saturated rings. The zero-order valence-electron chi connectivity index (χ0n) is 14.9. The van der Waals surface area contributed by atoms with Crippen molar-refractivity contribution in [1.29, 1.82) is 0 Å². The second-order valence-corrected chi connectivity index (χ2v) is 8.52. The van der Waals surface area contributed by atoms with Crippen molar-refractivity contribution in [2.75, 3.05) is 0 Å². The minimum atomic E-state index is -4.35. The Kier molecular flexibility index (Phi) is 4.08. The predicted octanol–water partition coefficient (Wildman–Crippen LogP) is 6.40. The van der Waals surface area contributed by atoms with Crippen LogP contribution in [0.1, 0.15) is 5.56 Å². The minimum Gasteiger partial charge on any atom is -0.350 e. The molecule has 0 aliphatic heterocycles. The van der Waals surface area contributed by atoms with Crippen LogP contribution in [0.4, 0.5) is 13.2 Å². The van der Waals surface area contributed by atoms with Gasteiger partial charge in [-0.3, -0.25) is 0 Å². The number of hydrogen-bond donors (Lipinski definition) is 0. The van der Waals surface area contributed by atoms with E-state index in [0.717, 1.165) is 38.1 Å². The molecule has 0 saturated heterocycles. The first-order valence-electron chi connectivity index (χ1n) is 8.58. The van der Waals surface area contributed by atoms with E-state index in [1.807, 2.05) is 25.4 Å². The molecule has 0 atom stereocenters. The summed E-state index contributed by atoms with van der Waals surface area (Å²) in [6, 6.07) is 11.1. The average Bonchev–Trinajstić information content (AvgIpc) is 3.32. The average molecular weight is 477 g/mol. The van der Waals surface area contributed by atoms with E-state index in [4.69, 9.17) is 0 Å². The van der Waals surface area contributed by atoms with Crippen LogP contribution in [-0.4, -0.2) is 19.2 Å². The van der Waals surface area contributed by atoms with Crippen LogP contribution in [0.5, 0.6) is 0 Å². The molecule has 0 spiro atoms. The fourth-order valence-electron chi connectivity index (χ4n) is 3.31. The van der Waals surface area contributed by atoms with Crippen LogP contribution in [0.25, 0.3) is 37.7 Å². The van der Waals surface area contributed by atoms with Crippen molar-refractivity contribution in [1.82, 2.24) is 19.2 Å². The van der Waals surface area contributed by atoms with Crippen LogP contribution in [0, 0.1) is 0 Å². The molecule has 0 radical (unpaired) electrons. The third-order valence-electron chi connectivity index (χ3n) is 4.73. The van der Waals surface area contributed by atoms with Gasteiger partial charge in [0.15, 0.2) is 0 Å². The summed E-state index contributed by atoms with van der Waals surface area (Å²) < 4.78 is 43.0. The van der Waals surface area contributed by atoms with Crippen LogP contribution in [0.15, 0.2) is 59.3 Å². The summed E-state index contributed by atoms with van der Waals surface area (Å²) in [6.07, 6.45) is -0.581. The summed E-state index contributed by atoms with van der Waals surface area (Å²) in [5, 5.41) is 6.56. The van der Waals surface area contributed by atoms with Gasteiger partial charge in [0, 0.05) is 39.7 Å². The molecule has 0 saturated carbocycles. The molecule has 2 aromatic carbocycles. The third-order valence-corrected chi connectivity index (χ3v) is 6.18. The van der Waals surface area contributed by atoms with E-state index < -0.39 is 11.7 Å².